The number of nitrogens with zero attached hydrogens (tertiary/aromatic N) is 1. The largest absolute Gasteiger partial charge is 0.472 e. The molecule has 0 aliphatic carbocycles. The molecule has 37 heavy (non-hydrogen) atoms. The minimum atomic E-state index is -2.11. The summed E-state index contributed by atoms with van der Waals surface area (Å²) in [5.41, 5.74) is 1.52. The Hall–Kier alpha value is -3.99. The molecule has 5 aromatic rings. The van der Waals surface area contributed by atoms with E-state index in [1.165, 1.54) is 20.7 Å². The van der Waals surface area contributed by atoms with Crippen LogP contribution in [0, 0.1) is 11.3 Å². The standard InChI is InChI=1S/C31H26BNO2Si2/c33-25-26-21-23-27(24-22-26)32(34-36(28-13-5-1-6-14-28)29-15-7-2-8-16-29)35-37(30-17-9-3-10-18-30)31-19-11-4-12-20-31/h1-24,36-37H. The lowest BCUT2D eigenvalue weighted by Crippen LogP contribution is -2.57. The van der Waals surface area contributed by atoms with E-state index in [2.05, 4.69) is 103 Å². The van der Waals surface area contributed by atoms with Crippen LogP contribution >= 0.6 is 0 Å². The molecule has 0 unspecified atom stereocenters. The third kappa shape index (κ3) is 6.23. The number of nitriles is 1. The minimum Gasteiger partial charge on any atom is -0.445 e. The molecule has 0 heterocycles. The average molecular weight is 512 g/mol. The van der Waals surface area contributed by atoms with Crippen molar-refractivity contribution >= 4 is 51.4 Å². The normalized spacial score (nSPS) is 10.8. The molecule has 3 nitrogen and oxygen atoms in total. The van der Waals surface area contributed by atoms with E-state index in [-0.39, 0.29) is 0 Å². The van der Waals surface area contributed by atoms with Gasteiger partial charge in [-0.1, -0.05) is 133 Å². The highest BCUT2D eigenvalue weighted by Gasteiger charge is 2.32. The van der Waals surface area contributed by atoms with Crippen LogP contribution < -0.4 is 26.2 Å². The number of hydrogen-bond donors (Lipinski definition) is 0. The summed E-state index contributed by atoms with van der Waals surface area (Å²) in [5, 5.41) is 14.1. The molecule has 0 amide bonds. The van der Waals surface area contributed by atoms with Crippen molar-refractivity contribution in [2.45, 2.75) is 0 Å². The van der Waals surface area contributed by atoms with Crippen LogP contribution in [0.15, 0.2) is 146 Å². The van der Waals surface area contributed by atoms with Gasteiger partial charge in [-0.3, -0.25) is 0 Å². The lowest BCUT2D eigenvalue weighted by Gasteiger charge is -2.27. The Kier molecular flexibility index (Phi) is 8.21. The van der Waals surface area contributed by atoms with Gasteiger partial charge >= 0.3 is 7.12 Å². The molecule has 178 valence electrons. The van der Waals surface area contributed by atoms with Gasteiger partial charge in [0.15, 0.2) is 0 Å². The van der Waals surface area contributed by atoms with Gasteiger partial charge in [0.2, 0.25) is 18.1 Å². The van der Waals surface area contributed by atoms with Crippen LogP contribution in [0.2, 0.25) is 0 Å². The van der Waals surface area contributed by atoms with Crippen molar-refractivity contribution in [2.75, 3.05) is 0 Å². The second-order valence-electron chi connectivity index (χ2n) is 8.74. The molecule has 6 heteroatoms. The Morgan fingerprint density at radius 1 is 0.459 bits per heavy atom. The highest BCUT2D eigenvalue weighted by Crippen LogP contribution is 2.05. The number of rotatable bonds is 9. The van der Waals surface area contributed by atoms with Gasteiger partial charge in [-0.15, -0.1) is 0 Å². The molecule has 0 fully saturated rings. The molecule has 0 bridgehead atoms. The minimum absolute atomic E-state index is 0.582. The second kappa shape index (κ2) is 12.3. The molecule has 0 saturated carbocycles. The first-order valence-corrected chi connectivity index (χ1v) is 15.6. The summed E-state index contributed by atoms with van der Waals surface area (Å²) < 4.78 is 14.0. The van der Waals surface area contributed by atoms with Crippen molar-refractivity contribution in [1.29, 1.82) is 5.26 Å². The molecule has 5 rings (SSSR count). The first-order valence-electron chi connectivity index (χ1n) is 12.3. The van der Waals surface area contributed by atoms with Crippen LogP contribution in [-0.4, -0.2) is 25.2 Å². The van der Waals surface area contributed by atoms with E-state index in [4.69, 9.17) is 8.69 Å². The highest BCUT2D eigenvalue weighted by molar-refractivity contribution is 6.90. The highest BCUT2D eigenvalue weighted by atomic mass is 28.3. The average Bonchev–Trinajstić information content (AvgIpc) is 2.99. The molecular formula is C31H26BNO2Si2. The maximum atomic E-state index is 9.35. The molecular weight excluding hydrogens is 485 g/mol. The zero-order chi connectivity index (χ0) is 25.3. The van der Waals surface area contributed by atoms with Gasteiger partial charge in [0.1, 0.15) is 0 Å². The zero-order valence-electron chi connectivity index (χ0n) is 20.4. The first kappa shape index (κ1) is 24.7. The van der Waals surface area contributed by atoms with Gasteiger partial charge in [0.05, 0.1) is 11.6 Å². The number of hydrogen-bond acceptors (Lipinski definition) is 3. The third-order valence-electron chi connectivity index (χ3n) is 6.24. The van der Waals surface area contributed by atoms with E-state index in [0.717, 1.165) is 5.46 Å². The Morgan fingerprint density at radius 3 is 1.08 bits per heavy atom. The fourth-order valence-electron chi connectivity index (χ4n) is 4.36. The van der Waals surface area contributed by atoms with Gasteiger partial charge in [0, 0.05) is 0 Å². The quantitative estimate of drug-likeness (QED) is 0.286. The van der Waals surface area contributed by atoms with Crippen molar-refractivity contribution < 1.29 is 8.69 Å². The lowest BCUT2D eigenvalue weighted by molar-refractivity contribution is 0.467. The fraction of sp³-hybridized carbons (Fsp3) is 0. The summed E-state index contributed by atoms with van der Waals surface area (Å²) >= 11 is 0. The van der Waals surface area contributed by atoms with E-state index < -0.39 is 25.2 Å². The summed E-state index contributed by atoms with van der Waals surface area (Å²) in [4.78, 5) is 0. The summed E-state index contributed by atoms with van der Waals surface area (Å²) in [6.07, 6.45) is 0. The van der Waals surface area contributed by atoms with Gasteiger partial charge in [-0.25, -0.2) is 0 Å². The van der Waals surface area contributed by atoms with Crippen LogP contribution in [0.5, 0.6) is 0 Å². The molecule has 0 spiro atoms. The Labute approximate surface area is 222 Å². The maximum absolute atomic E-state index is 9.35. The van der Waals surface area contributed by atoms with E-state index in [0.29, 0.717) is 5.56 Å². The van der Waals surface area contributed by atoms with Gasteiger partial charge in [0.25, 0.3) is 0 Å². The van der Waals surface area contributed by atoms with Crippen LogP contribution in [0.3, 0.4) is 0 Å². The second-order valence-corrected chi connectivity index (χ2v) is 13.5. The van der Waals surface area contributed by atoms with Crippen molar-refractivity contribution in [3.05, 3.63) is 151 Å². The van der Waals surface area contributed by atoms with E-state index in [1.54, 1.807) is 0 Å². The fourth-order valence-corrected chi connectivity index (χ4v) is 9.11. The van der Waals surface area contributed by atoms with Crippen LogP contribution in [0.25, 0.3) is 0 Å². The topological polar surface area (TPSA) is 42.2 Å². The Balaban J connectivity index is 1.57. The molecule has 0 aliphatic rings. The van der Waals surface area contributed by atoms with Gasteiger partial charge in [-0.2, -0.15) is 5.26 Å². The van der Waals surface area contributed by atoms with Crippen molar-refractivity contribution in [1.82, 2.24) is 0 Å². The molecule has 0 N–H and O–H groups in total. The molecule has 0 aliphatic heterocycles. The lowest BCUT2D eigenvalue weighted by atomic mass is 9.80. The maximum Gasteiger partial charge on any atom is 0.472 e. The van der Waals surface area contributed by atoms with Crippen molar-refractivity contribution in [3.63, 3.8) is 0 Å². The van der Waals surface area contributed by atoms with E-state index >= 15 is 0 Å². The Bertz CT molecular complexity index is 1270. The van der Waals surface area contributed by atoms with Crippen LogP contribution in [-0.2, 0) is 8.69 Å². The van der Waals surface area contributed by atoms with E-state index in [1.807, 2.05) is 48.5 Å². The molecule has 0 aromatic heterocycles. The molecule has 0 radical (unpaired) electrons. The van der Waals surface area contributed by atoms with Crippen molar-refractivity contribution in [2.24, 2.45) is 0 Å². The van der Waals surface area contributed by atoms with Gasteiger partial charge in [-0.05, 0) is 38.3 Å². The van der Waals surface area contributed by atoms with Crippen LogP contribution in [0.4, 0.5) is 0 Å². The predicted octanol–water partition coefficient (Wildman–Crippen LogP) is 2.36. The predicted molar refractivity (Wildman–Crippen MR) is 157 cm³/mol. The summed E-state index contributed by atoms with van der Waals surface area (Å²) in [6, 6.07) is 51.5. The van der Waals surface area contributed by atoms with E-state index in [9.17, 15) is 5.26 Å². The van der Waals surface area contributed by atoms with Crippen molar-refractivity contribution in [3.8, 4) is 6.07 Å². The zero-order valence-corrected chi connectivity index (χ0v) is 22.7. The Morgan fingerprint density at radius 2 is 0.784 bits per heavy atom. The SMILES string of the molecule is N#Cc1ccc(B(O[SiH](c2ccccc2)c2ccccc2)O[SiH](c2ccccc2)c2ccccc2)cc1. The monoisotopic (exact) mass is 511 g/mol. The smallest absolute Gasteiger partial charge is 0.445 e. The van der Waals surface area contributed by atoms with Crippen LogP contribution in [0.1, 0.15) is 5.56 Å². The summed E-state index contributed by atoms with van der Waals surface area (Å²) in [7, 11) is -4.81. The molecule has 0 saturated heterocycles. The summed E-state index contributed by atoms with van der Waals surface area (Å²) in [6.45, 7) is 0. The summed E-state index contributed by atoms with van der Waals surface area (Å²) in [5.74, 6) is 0. The number of benzene rings is 5. The van der Waals surface area contributed by atoms with Gasteiger partial charge < -0.3 is 8.69 Å². The molecule has 0 atom stereocenters. The third-order valence-corrected chi connectivity index (χ3v) is 11.2. The first-order chi connectivity index (χ1) is 18.3. The molecule has 5 aromatic carbocycles.